The normalized spacial score (nSPS) is 40.6. The van der Waals surface area contributed by atoms with Gasteiger partial charge in [0.25, 0.3) is 0 Å². The molecule has 2 saturated carbocycles. The van der Waals surface area contributed by atoms with E-state index in [9.17, 15) is 4.79 Å². The number of likely N-dealkylation sites (tertiary alicyclic amines) is 1. The van der Waals surface area contributed by atoms with Crippen LogP contribution in [0.5, 0.6) is 0 Å². The van der Waals surface area contributed by atoms with Gasteiger partial charge in [-0.25, -0.2) is 0 Å². The van der Waals surface area contributed by atoms with E-state index in [2.05, 4.69) is 4.90 Å². The largest absolute Gasteiger partial charge is 0.339 e. The number of carbonyl (C=O) groups excluding carboxylic acids is 1. The fraction of sp³-hybridized carbons (Fsp3) is 0.933. The molecule has 2 unspecified atom stereocenters. The highest BCUT2D eigenvalue weighted by Gasteiger charge is 2.40. The number of hydrogen-bond acceptors (Lipinski definition) is 2. The molecule has 0 aromatic rings. The molecule has 3 nitrogen and oxygen atoms in total. The summed E-state index contributed by atoms with van der Waals surface area (Å²) in [4.78, 5) is 14.9. The number of piperidine rings is 1. The Kier molecular flexibility index (Phi) is 3.60. The average molecular weight is 250 g/mol. The van der Waals surface area contributed by atoms with Crippen molar-refractivity contribution in [2.45, 2.75) is 69.9 Å². The van der Waals surface area contributed by atoms with Crippen LogP contribution in [0, 0.1) is 11.8 Å². The lowest BCUT2D eigenvalue weighted by Crippen LogP contribution is -2.53. The van der Waals surface area contributed by atoms with Crippen molar-refractivity contribution in [1.29, 1.82) is 0 Å². The molecule has 1 amide bonds. The lowest BCUT2D eigenvalue weighted by molar-refractivity contribution is -0.142. The maximum atomic E-state index is 12.7. The smallest absolute Gasteiger partial charge is 0.227 e. The van der Waals surface area contributed by atoms with Crippen LogP contribution in [0.2, 0.25) is 0 Å². The van der Waals surface area contributed by atoms with Crippen molar-refractivity contribution in [3.63, 3.8) is 0 Å². The molecule has 1 heterocycles. The Morgan fingerprint density at radius 2 is 1.72 bits per heavy atom. The standard InChI is InChI=1S/C15H26N2O/c16-13-8-3-7-12(13)15(18)17-10-4-6-11-5-1-2-9-14(11)17/h11-14H,1-10,16H2/t11-,12?,13?,14-/m1/s1. The van der Waals surface area contributed by atoms with Gasteiger partial charge in [0, 0.05) is 18.6 Å². The van der Waals surface area contributed by atoms with Crippen molar-refractivity contribution in [3.8, 4) is 0 Å². The number of nitrogens with zero attached hydrogens (tertiary/aromatic N) is 1. The molecule has 2 aliphatic carbocycles. The number of amides is 1. The van der Waals surface area contributed by atoms with E-state index in [4.69, 9.17) is 5.73 Å². The number of rotatable bonds is 1. The second-order valence-corrected chi connectivity index (χ2v) is 6.49. The zero-order chi connectivity index (χ0) is 12.5. The quantitative estimate of drug-likeness (QED) is 0.776. The minimum Gasteiger partial charge on any atom is -0.339 e. The summed E-state index contributed by atoms with van der Waals surface area (Å²) in [6.45, 7) is 0.989. The molecule has 2 N–H and O–H groups in total. The molecule has 0 bridgehead atoms. The van der Waals surface area contributed by atoms with Gasteiger partial charge < -0.3 is 10.6 Å². The van der Waals surface area contributed by atoms with Gasteiger partial charge in [0.1, 0.15) is 0 Å². The minimum atomic E-state index is 0.126. The zero-order valence-electron chi connectivity index (χ0n) is 11.3. The lowest BCUT2D eigenvalue weighted by Gasteiger charge is -2.45. The zero-order valence-corrected chi connectivity index (χ0v) is 11.3. The Bertz CT molecular complexity index is 316. The van der Waals surface area contributed by atoms with Crippen LogP contribution in [-0.4, -0.2) is 29.4 Å². The summed E-state index contributed by atoms with van der Waals surface area (Å²) in [5.41, 5.74) is 6.11. The van der Waals surface area contributed by atoms with Crippen LogP contribution in [0.4, 0.5) is 0 Å². The maximum Gasteiger partial charge on any atom is 0.227 e. The molecule has 3 heteroatoms. The van der Waals surface area contributed by atoms with E-state index < -0.39 is 0 Å². The number of nitrogens with two attached hydrogens (primary N) is 1. The first-order valence-corrected chi connectivity index (χ1v) is 7.83. The second-order valence-electron chi connectivity index (χ2n) is 6.49. The van der Waals surface area contributed by atoms with Crippen LogP contribution in [0.15, 0.2) is 0 Å². The van der Waals surface area contributed by atoms with Crippen molar-refractivity contribution >= 4 is 5.91 Å². The highest BCUT2D eigenvalue weighted by molar-refractivity contribution is 5.80. The summed E-state index contributed by atoms with van der Waals surface area (Å²) in [7, 11) is 0. The van der Waals surface area contributed by atoms with E-state index in [0.717, 1.165) is 31.7 Å². The second kappa shape index (κ2) is 5.20. The minimum absolute atomic E-state index is 0.126. The maximum absolute atomic E-state index is 12.7. The van der Waals surface area contributed by atoms with Crippen LogP contribution in [0.1, 0.15) is 57.8 Å². The first-order chi connectivity index (χ1) is 8.77. The number of hydrogen-bond donors (Lipinski definition) is 1. The highest BCUT2D eigenvalue weighted by atomic mass is 16.2. The third-order valence-electron chi connectivity index (χ3n) is 5.41. The van der Waals surface area contributed by atoms with Gasteiger partial charge in [-0.15, -0.1) is 0 Å². The SMILES string of the molecule is NC1CCCC1C(=O)N1CCC[C@H]2CCCC[C@H]21. The Balaban J connectivity index is 1.71. The van der Waals surface area contributed by atoms with Gasteiger partial charge in [-0.05, 0) is 44.4 Å². The van der Waals surface area contributed by atoms with Crippen LogP contribution >= 0.6 is 0 Å². The molecule has 18 heavy (non-hydrogen) atoms. The highest BCUT2D eigenvalue weighted by Crippen LogP contribution is 2.37. The Labute approximate surface area is 110 Å². The van der Waals surface area contributed by atoms with E-state index in [1.807, 2.05) is 0 Å². The predicted octanol–water partition coefficient (Wildman–Crippen LogP) is 2.29. The van der Waals surface area contributed by atoms with Gasteiger partial charge in [-0.1, -0.05) is 19.3 Å². The van der Waals surface area contributed by atoms with Gasteiger partial charge in [0.05, 0.1) is 5.92 Å². The average Bonchev–Trinajstić information content (AvgIpc) is 2.83. The topological polar surface area (TPSA) is 46.3 Å². The van der Waals surface area contributed by atoms with E-state index in [0.29, 0.717) is 11.9 Å². The fourth-order valence-electron chi connectivity index (χ4n) is 4.41. The third kappa shape index (κ3) is 2.18. The molecule has 0 radical (unpaired) electrons. The molecule has 0 aromatic heterocycles. The van der Waals surface area contributed by atoms with Crippen LogP contribution in [0.3, 0.4) is 0 Å². The molecule has 4 atom stereocenters. The van der Waals surface area contributed by atoms with Crippen molar-refractivity contribution in [1.82, 2.24) is 4.90 Å². The summed E-state index contributed by atoms with van der Waals surface area (Å²) in [6, 6.07) is 0.675. The van der Waals surface area contributed by atoms with Crippen molar-refractivity contribution in [2.75, 3.05) is 6.54 Å². The molecule has 3 aliphatic rings. The summed E-state index contributed by atoms with van der Waals surface area (Å²) >= 11 is 0. The van der Waals surface area contributed by atoms with Gasteiger partial charge in [0.15, 0.2) is 0 Å². The van der Waals surface area contributed by atoms with Gasteiger partial charge in [-0.3, -0.25) is 4.79 Å². The van der Waals surface area contributed by atoms with Crippen LogP contribution in [0.25, 0.3) is 0 Å². The summed E-state index contributed by atoms with van der Waals surface area (Å²) in [5, 5.41) is 0. The molecule has 3 rings (SSSR count). The first kappa shape index (κ1) is 12.5. The molecule has 3 fully saturated rings. The van der Waals surface area contributed by atoms with Gasteiger partial charge in [0.2, 0.25) is 5.91 Å². The number of carbonyl (C=O) groups is 1. The fourth-order valence-corrected chi connectivity index (χ4v) is 4.41. The molecule has 102 valence electrons. The van der Waals surface area contributed by atoms with E-state index in [1.165, 1.54) is 38.5 Å². The monoisotopic (exact) mass is 250 g/mol. The van der Waals surface area contributed by atoms with Crippen molar-refractivity contribution in [3.05, 3.63) is 0 Å². The van der Waals surface area contributed by atoms with Gasteiger partial charge >= 0.3 is 0 Å². The van der Waals surface area contributed by atoms with E-state index in [1.54, 1.807) is 0 Å². The summed E-state index contributed by atoms with van der Waals surface area (Å²) in [5.74, 6) is 1.30. The summed E-state index contributed by atoms with van der Waals surface area (Å²) in [6.07, 6.45) is 11.0. The van der Waals surface area contributed by atoms with E-state index in [-0.39, 0.29) is 12.0 Å². The van der Waals surface area contributed by atoms with E-state index >= 15 is 0 Å². The van der Waals surface area contributed by atoms with Crippen LogP contribution < -0.4 is 5.73 Å². The molecule has 0 spiro atoms. The van der Waals surface area contributed by atoms with Gasteiger partial charge in [-0.2, -0.15) is 0 Å². The molecular formula is C15H26N2O. The number of fused-ring (bicyclic) bond motifs is 1. The molecular weight excluding hydrogens is 224 g/mol. The van der Waals surface area contributed by atoms with Crippen LogP contribution in [-0.2, 0) is 4.79 Å². The molecule has 0 aromatic carbocycles. The lowest BCUT2D eigenvalue weighted by atomic mass is 9.78. The Hall–Kier alpha value is -0.570. The molecule has 1 aliphatic heterocycles. The first-order valence-electron chi connectivity index (χ1n) is 7.83. The Morgan fingerprint density at radius 1 is 0.944 bits per heavy atom. The Morgan fingerprint density at radius 3 is 2.50 bits per heavy atom. The van der Waals surface area contributed by atoms with Crippen molar-refractivity contribution < 1.29 is 4.79 Å². The molecule has 1 saturated heterocycles. The predicted molar refractivity (Wildman–Crippen MR) is 72.0 cm³/mol. The third-order valence-corrected chi connectivity index (χ3v) is 5.41. The summed E-state index contributed by atoms with van der Waals surface area (Å²) < 4.78 is 0. The van der Waals surface area contributed by atoms with Crippen molar-refractivity contribution in [2.24, 2.45) is 17.6 Å².